The molecule has 2 N–H and O–H groups in total. The van der Waals surface area contributed by atoms with Crippen LogP contribution in [0.3, 0.4) is 0 Å². The standard InChI is InChI=1S/C12H25NO2/c1-9(2)5-12(6-10(3)4)14-8-11(7-13)15-12/h9-11H,5-8,13H2,1-4H3. The largest absolute Gasteiger partial charge is 0.347 e. The van der Waals surface area contributed by atoms with Crippen LogP contribution < -0.4 is 5.73 Å². The van der Waals surface area contributed by atoms with E-state index in [1.54, 1.807) is 0 Å². The molecule has 90 valence electrons. The molecule has 0 saturated carbocycles. The van der Waals surface area contributed by atoms with E-state index in [0.29, 0.717) is 25.0 Å². The van der Waals surface area contributed by atoms with Gasteiger partial charge in [-0.2, -0.15) is 0 Å². The van der Waals surface area contributed by atoms with E-state index in [4.69, 9.17) is 15.2 Å². The second-order valence-corrected chi connectivity index (χ2v) is 5.39. The summed E-state index contributed by atoms with van der Waals surface area (Å²) in [6, 6.07) is 0. The van der Waals surface area contributed by atoms with Crippen LogP contribution in [0, 0.1) is 11.8 Å². The Morgan fingerprint density at radius 1 is 1.20 bits per heavy atom. The maximum atomic E-state index is 5.97. The summed E-state index contributed by atoms with van der Waals surface area (Å²) in [5.41, 5.74) is 5.61. The minimum atomic E-state index is -0.369. The molecule has 0 aromatic rings. The van der Waals surface area contributed by atoms with Crippen LogP contribution in [0.2, 0.25) is 0 Å². The second-order valence-electron chi connectivity index (χ2n) is 5.39. The van der Waals surface area contributed by atoms with Crippen LogP contribution in [0.15, 0.2) is 0 Å². The van der Waals surface area contributed by atoms with Crippen molar-refractivity contribution in [3.8, 4) is 0 Å². The lowest BCUT2D eigenvalue weighted by molar-refractivity contribution is -0.188. The van der Waals surface area contributed by atoms with E-state index >= 15 is 0 Å². The lowest BCUT2D eigenvalue weighted by atomic mass is 9.94. The van der Waals surface area contributed by atoms with E-state index in [2.05, 4.69) is 27.7 Å². The second kappa shape index (κ2) is 5.28. The zero-order chi connectivity index (χ0) is 11.5. The highest BCUT2D eigenvalue weighted by atomic mass is 16.7. The zero-order valence-electron chi connectivity index (χ0n) is 10.5. The Morgan fingerprint density at radius 3 is 2.07 bits per heavy atom. The Labute approximate surface area is 93.3 Å². The monoisotopic (exact) mass is 215 g/mol. The first-order valence-corrected chi connectivity index (χ1v) is 5.99. The van der Waals surface area contributed by atoms with Gasteiger partial charge in [-0.05, 0) is 11.8 Å². The molecule has 0 amide bonds. The average Bonchev–Trinajstić information content (AvgIpc) is 2.45. The van der Waals surface area contributed by atoms with Crippen molar-refractivity contribution in [2.24, 2.45) is 17.6 Å². The molecule has 1 atom stereocenters. The molecule has 1 saturated heterocycles. The third-order valence-electron chi connectivity index (χ3n) is 2.62. The van der Waals surface area contributed by atoms with Gasteiger partial charge in [0.2, 0.25) is 0 Å². The van der Waals surface area contributed by atoms with Gasteiger partial charge in [0.05, 0.1) is 12.7 Å². The fraction of sp³-hybridized carbons (Fsp3) is 1.00. The maximum Gasteiger partial charge on any atom is 0.169 e. The van der Waals surface area contributed by atoms with E-state index < -0.39 is 0 Å². The molecular formula is C12H25NO2. The first-order chi connectivity index (χ1) is 6.97. The van der Waals surface area contributed by atoms with Crippen molar-refractivity contribution in [3.05, 3.63) is 0 Å². The van der Waals surface area contributed by atoms with E-state index in [1.807, 2.05) is 0 Å². The summed E-state index contributed by atoms with van der Waals surface area (Å²) in [4.78, 5) is 0. The van der Waals surface area contributed by atoms with Gasteiger partial charge >= 0.3 is 0 Å². The van der Waals surface area contributed by atoms with Crippen molar-refractivity contribution in [2.45, 2.75) is 52.4 Å². The Hall–Kier alpha value is -0.120. The molecule has 0 aliphatic carbocycles. The van der Waals surface area contributed by atoms with Crippen LogP contribution in [0.1, 0.15) is 40.5 Å². The minimum absolute atomic E-state index is 0.0856. The van der Waals surface area contributed by atoms with Crippen LogP contribution in [0.4, 0.5) is 0 Å². The summed E-state index contributed by atoms with van der Waals surface area (Å²) in [6.45, 7) is 10.00. The zero-order valence-corrected chi connectivity index (χ0v) is 10.5. The van der Waals surface area contributed by atoms with Gasteiger partial charge in [-0.15, -0.1) is 0 Å². The van der Waals surface area contributed by atoms with Crippen molar-refractivity contribution in [1.29, 1.82) is 0 Å². The predicted octanol–water partition coefficient (Wildman–Crippen LogP) is 2.15. The van der Waals surface area contributed by atoms with Gasteiger partial charge in [0.15, 0.2) is 5.79 Å². The summed E-state index contributed by atoms with van der Waals surface area (Å²) in [7, 11) is 0. The fourth-order valence-electron chi connectivity index (χ4n) is 2.27. The van der Waals surface area contributed by atoms with E-state index in [-0.39, 0.29) is 11.9 Å². The third kappa shape index (κ3) is 3.74. The number of hydrogen-bond donors (Lipinski definition) is 1. The summed E-state index contributed by atoms with van der Waals surface area (Å²) in [5.74, 6) is 0.798. The molecule has 1 heterocycles. The number of hydrogen-bond acceptors (Lipinski definition) is 3. The smallest absolute Gasteiger partial charge is 0.169 e. The number of ether oxygens (including phenoxy) is 2. The quantitative estimate of drug-likeness (QED) is 0.764. The van der Waals surface area contributed by atoms with Gasteiger partial charge in [0.1, 0.15) is 0 Å². The van der Waals surface area contributed by atoms with Crippen LogP contribution in [-0.4, -0.2) is 25.0 Å². The molecule has 0 spiro atoms. The van der Waals surface area contributed by atoms with Crippen LogP contribution >= 0.6 is 0 Å². The molecule has 3 nitrogen and oxygen atoms in total. The molecule has 0 bridgehead atoms. The normalized spacial score (nSPS) is 25.4. The highest BCUT2D eigenvalue weighted by Crippen LogP contribution is 2.35. The number of rotatable bonds is 5. The lowest BCUT2D eigenvalue weighted by Crippen LogP contribution is -2.35. The van der Waals surface area contributed by atoms with Gasteiger partial charge in [-0.3, -0.25) is 0 Å². The first kappa shape index (κ1) is 12.9. The van der Waals surface area contributed by atoms with Crippen LogP contribution in [-0.2, 0) is 9.47 Å². The van der Waals surface area contributed by atoms with E-state index in [1.165, 1.54) is 0 Å². The maximum absolute atomic E-state index is 5.97. The van der Waals surface area contributed by atoms with Gasteiger partial charge in [-0.25, -0.2) is 0 Å². The van der Waals surface area contributed by atoms with Crippen molar-refractivity contribution in [3.63, 3.8) is 0 Å². The van der Waals surface area contributed by atoms with Crippen molar-refractivity contribution in [2.75, 3.05) is 13.2 Å². The fourth-order valence-corrected chi connectivity index (χ4v) is 2.27. The van der Waals surface area contributed by atoms with Crippen molar-refractivity contribution >= 4 is 0 Å². The Balaban J connectivity index is 2.61. The first-order valence-electron chi connectivity index (χ1n) is 5.99. The topological polar surface area (TPSA) is 44.5 Å². The van der Waals surface area contributed by atoms with Gasteiger partial charge < -0.3 is 15.2 Å². The third-order valence-corrected chi connectivity index (χ3v) is 2.62. The van der Waals surface area contributed by atoms with Crippen LogP contribution in [0.5, 0.6) is 0 Å². The van der Waals surface area contributed by atoms with Crippen molar-refractivity contribution < 1.29 is 9.47 Å². The average molecular weight is 215 g/mol. The molecular weight excluding hydrogens is 190 g/mol. The summed E-state index contributed by atoms with van der Waals surface area (Å²) < 4.78 is 11.8. The van der Waals surface area contributed by atoms with Crippen LogP contribution in [0.25, 0.3) is 0 Å². The highest BCUT2D eigenvalue weighted by molar-refractivity contribution is 4.81. The molecule has 0 aromatic carbocycles. The Bertz CT molecular complexity index is 182. The molecule has 1 fully saturated rings. The summed E-state index contributed by atoms with van der Waals surface area (Å²) in [6.07, 6.45) is 2.01. The molecule has 1 aliphatic heterocycles. The van der Waals surface area contributed by atoms with E-state index in [9.17, 15) is 0 Å². The molecule has 0 aromatic heterocycles. The Morgan fingerprint density at radius 2 is 1.73 bits per heavy atom. The number of nitrogens with two attached hydrogens (primary N) is 1. The van der Waals surface area contributed by atoms with Crippen molar-refractivity contribution in [1.82, 2.24) is 0 Å². The van der Waals surface area contributed by atoms with Gasteiger partial charge in [-0.1, -0.05) is 27.7 Å². The van der Waals surface area contributed by atoms with E-state index in [0.717, 1.165) is 12.8 Å². The minimum Gasteiger partial charge on any atom is -0.347 e. The predicted molar refractivity (Wildman–Crippen MR) is 61.5 cm³/mol. The lowest BCUT2D eigenvalue weighted by Gasteiger charge is -2.31. The highest BCUT2D eigenvalue weighted by Gasteiger charge is 2.41. The summed E-state index contributed by atoms with van der Waals surface area (Å²) in [5, 5.41) is 0. The molecule has 1 aliphatic rings. The Kier molecular flexibility index (Phi) is 4.56. The molecule has 15 heavy (non-hydrogen) atoms. The molecule has 1 rings (SSSR count). The van der Waals surface area contributed by atoms with Gasteiger partial charge in [0, 0.05) is 19.4 Å². The molecule has 1 unspecified atom stereocenters. The van der Waals surface area contributed by atoms with Gasteiger partial charge in [0.25, 0.3) is 0 Å². The SMILES string of the molecule is CC(C)CC1(CC(C)C)OCC(CN)O1. The summed E-state index contributed by atoms with van der Waals surface area (Å²) >= 11 is 0. The molecule has 3 heteroatoms. The molecule has 0 radical (unpaired) electrons.